The molecule has 6 heteroatoms. The molecule has 0 aliphatic heterocycles. The zero-order valence-corrected chi connectivity index (χ0v) is 11.8. The first-order chi connectivity index (χ1) is 7.93. The van der Waals surface area contributed by atoms with Crippen molar-refractivity contribution in [2.45, 2.75) is 38.1 Å². The molecule has 0 fully saturated rings. The molecule has 0 saturated heterocycles. The standard InChI is InChI=1S/C11H17ClN2O2S/c1-4-9(3)14(5-2)17(15,16)10-6-7-13-11(12)8-10/h6-9H,4-5H2,1-3H3. The smallest absolute Gasteiger partial charge is 0.243 e. The van der Waals surface area contributed by atoms with Crippen LogP contribution in [0.2, 0.25) is 5.15 Å². The number of pyridine rings is 1. The van der Waals surface area contributed by atoms with E-state index in [1.165, 1.54) is 22.6 Å². The molecule has 1 rings (SSSR count). The molecule has 1 heterocycles. The summed E-state index contributed by atoms with van der Waals surface area (Å²) >= 11 is 5.72. The van der Waals surface area contributed by atoms with Gasteiger partial charge in [0.1, 0.15) is 5.15 Å². The molecule has 96 valence electrons. The minimum atomic E-state index is -3.48. The lowest BCUT2D eigenvalue weighted by molar-refractivity contribution is 0.342. The van der Waals surface area contributed by atoms with Crippen LogP contribution in [-0.2, 0) is 10.0 Å². The Hall–Kier alpha value is -0.650. The van der Waals surface area contributed by atoms with Crippen molar-refractivity contribution < 1.29 is 8.42 Å². The van der Waals surface area contributed by atoms with Crippen molar-refractivity contribution in [3.63, 3.8) is 0 Å². The van der Waals surface area contributed by atoms with Gasteiger partial charge in [-0.2, -0.15) is 4.31 Å². The first-order valence-electron chi connectivity index (χ1n) is 5.56. The first-order valence-corrected chi connectivity index (χ1v) is 7.38. The number of aromatic nitrogens is 1. The first kappa shape index (κ1) is 14.4. The van der Waals surface area contributed by atoms with Crippen molar-refractivity contribution in [3.05, 3.63) is 23.5 Å². The third-order valence-electron chi connectivity index (χ3n) is 2.70. The van der Waals surface area contributed by atoms with Gasteiger partial charge in [-0.1, -0.05) is 25.4 Å². The Morgan fingerprint density at radius 3 is 2.59 bits per heavy atom. The van der Waals surface area contributed by atoms with Crippen LogP contribution in [0.4, 0.5) is 0 Å². The van der Waals surface area contributed by atoms with E-state index in [2.05, 4.69) is 4.98 Å². The lowest BCUT2D eigenvalue weighted by atomic mass is 10.3. The number of halogens is 1. The number of rotatable bonds is 5. The zero-order chi connectivity index (χ0) is 13.1. The van der Waals surface area contributed by atoms with Crippen molar-refractivity contribution in [2.24, 2.45) is 0 Å². The highest BCUT2D eigenvalue weighted by Crippen LogP contribution is 2.20. The highest BCUT2D eigenvalue weighted by Gasteiger charge is 2.26. The van der Waals surface area contributed by atoms with Gasteiger partial charge in [0.25, 0.3) is 0 Å². The number of hydrogen-bond acceptors (Lipinski definition) is 3. The van der Waals surface area contributed by atoms with Gasteiger partial charge in [0.15, 0.2) is 0 Å². The van der Waals surface area contributed by atoms with Gasteiger partial charge in [-0.15, -0.1) is 0 Å². The normalized spacial score (nSPS) is 13.9. The van der Waals surface area contributed by atoms with E-state index < -0.39 is 10.0 Å². The number of nitrogens with zero attached hydrogens (tertiary/aromatic N) is 2. The highest BCUT2D eigenvalue weighted by atomic mass is 35.5. The molecule has 4 nitrogen and oxygen atoms in total. The van der Waals surface area contributed by atoms with Gasteiger partial charge in [0.2, 0.25) is 10.0 Å². The summed E-state index contributed by atoms with van der Waals surface area (Å²) in [7, 11) is -3.48. The van der Waals surface area contributed by atoms with E-state index in [-0.39, 0.29) is 16.1 Å². The van der Waals surface area contributed by atoms with Crippen LogP contribution in [0.1, 0.15) is 27.2 Å². The Morgan fingerprint density at radius 2 is 2.12 bits per heavy atom. The molecule has 0 radical (unpaired) electrons. The van der Waals surface area contributed by atoms with Crippen LogP contribution in [0.15, 0.2) is 23.2 Å². The Bertz CT molecular complexity index is 476. The monoisotopic (exact) mass is 276 g/mol. The maximum Gasteiger partial charge on any atom is 0.243 e. The second kappa shape index (κ2) is 5.80. The fourth-order valence-electron chi connectivity index (χ4n) is 1.60. The summed E-state index contributed by atoms with van der Waals surface area (Å²) < 4.78 is 26.2. The van der Waals surface area contributed by atoms with E-state index >= 15 is 0 Å². The van der Waals surface area contributed by atoms with Gasteiger partial charge in [-0.05, 0) is 25.5 Å². The number of hydrogen-bond donors (Lipinski definition) is 0. The molecule has 1 unspecified atom stereocenters. The van der Waals surface area contributed by atoms with Gasteiger partial charge in [-0.25, -0.2) is 13.4 Å². The van der Waals surface area contributed by atoms with E-state index in [1.54, 1.807) is 0 Å². The molecule has 0 amide bonds. The molecule has 1 atom stereocenters. The Balaban J connectivity index is 3.17. The predicted octanol–water partition coefficient (Wildman–Crippen LogP) is 2.54. The fraction of sp³-hybridized carbons (Fsp3) is 0.545. The molecule has 0 bridgehead atoms. The maximum absolute atomic E-state index is 12.4. The highest BCUT2D eigenvalue weighted by molar-refractivity contribution is 7.89. The van der Waals surface area contributed by atoms with Crippen molar-refractivity contribution in [2.75, 3.05) is 6.54 Å². The topological polar surface area (TPSA) is 50.3 Å². The van der Waals surface area contributed by atoms with Gasteiger partial charge < -0.3 is 0 Å². The van der Waals surface area contributed by atoms with Gasteiger partial charge in [-0.3, -0.25) is 0 Å². The fourth-order valence-corrected chi connectivity index (χ4v) is 3.57. The third kappa shape index (κ3) is 3.18. The average Bonchev–Trinajstić information content (AvgIpc) is 2.29. The minimum absolute atomic E-state index is 0.0306. The van der Waals surface area contributed by atoms with Crippen molar-refractivity contribution >= 4 is 21.6 Å². The van der Waals surface area contributed by atoms with E-state index in [4.69, 9.17) is 11.6 Å². The Kier molecular flexibility index (Phi) is 4.91. The summed E-state index contributed by atoms with van der Waals surface area (Å²) in [6.07, 6.45) is 2.17. The average molecular weight is 277 g/mol. The van der Waals surface area contributed by atoms with Gasteiger partial charge in [0, 0.05) is 18.8 Å². The van der Waals surface area contributed by atoms with E-state index in [0.29, 0.717) is 6.54 Å². The van der Waals surface area contributed by atoms with Crippen LogP contribution in [0.3, 0.4) is 0 Å². The van der Waals surface area contributed by atoms with Crippen LogP contribution in [-0.4, -0.2) is 30.3 Å². The summed E-state index contributed by atoms with van der Waals surface area (Å²) in [5.41, 5.74) is 0. The molecule has 0 spiro atoms. The van der Waals surface area contributed by atoms with E-state index in [1.807, 2.05) is 20.8 Å². The minimum Gasteiger partial charge on any atom is -0.244 e. The van der Waals surface area contributed by atoms with Crippen LogP contribution < -0.4 is 0 Å². The Labute approximate surface area is 108 Å². The van der Waals surface area contributed by atoms with Crippen LogP contribution in [0.25, 0.3) is 0 Å². The molecular weight excluding hydrogens is 260 g/mol. The van der Waals surface area contributed by atoms with Crippen LogP contribution in [0.5, 0.6) is 0 Å². The largest absolute Gasteiger partial charge is 0.244 e. The van der Waals surface area contributed by atoms with Gasteiger partial charge >= 0.3 is 0 Å². The molecule has 17 heavy (non-hydrogen) atoms. The summed E-state index contributed by atoms with van der Waals surface area (Å²) in [4.78, 5) is 3.98. The summed E-state index contributed by atoms with van der Waals surface area (Å²) in [5, 5.41) is 0.186. The molecule has 1 aromatic heterocycles. The van der Waals surface area contributed by atoms with Crippen molar-refractivity contribution in [1.82, 2.24) is 9.29 Å². The third-order valence-corrected chi connectivity index (χ3v) is 4.99. The summed E-state index contributed by atoms with van der Waals surface area (Å²) in [6.45, 7) is 6.12. The maximum atomic E-state index is 12.4. The molecule has 1 aromatic rings. The second-order valence-corrected chi connectivity index (χ2v) is 6.06. The number of sulfonamides is 1. The van der Waals surface area contributed by atoms with E-state index in [0.717, 1.165) is 6.42 Å². The SMILES string of the molecule is CCC(C)N(CC)S(=O)(=O)c1ccnc(Cl)c1. The lowest BCUT2D eigenvalue weighted by Gasteiger charge is -2.26. The predicted molar refractivity (Wildman–Crippen MR) is 68.6 cm³/mol. The lowest BCUT2D eigenvalue weighted by Crippen LogP contribution is -2.38. The molecular formula is C11H17ClN2O2S. The summed E-state index contributed by atoms with van der Waals surface area (Å²) in [5.74, 6) is 0. The summed E-state index contributed by atoms with van der Waals surface area (Å²) in [6, 6.07) is 2.81. The molecule has 0 saturated carbocycles. The molecule has 0 N–H and O–H groups in total. The van der Waals surface area contributed by atoms with Crippen LogP contribution in [0, 0.1) is 0 Å². The van der Waals surface area contributed by atoms with Gasteiger partial charge in [0.05, 0.1) is 4.90 Å². The Morgan fingerprint density at radius 1 is 1.47 bits per heavy atom. The quantitative estimate of drug-likeness (QED) is 0.777. The zero-order valence-electron chi connectivity index (χ0n) is 10.2. The van der Waals surface area contributed by atoms with Crippen molar-refractivity contribution in [1.29, 1.82) is 0 Å². The molecule has 0 aliphatic rings. The molecule has 0 aliphatic carbocycles. The van der Waals surface area contributed by atoms with E-state index in [9.17, 15) is 8.42 Å². The van der Waals surface area contributed by atoms with Crippen LogP contribution >= 0.6 is 11.6 Å². The molecule has 0 aromatic carbocycles. The second-order valence-electron chi connectivity index (χ2n) is 3.78. The van der Waals surface area contributed by atoms with Crippen molar-refractivity contribution in [3.8, 4) is 0 Å².